The molecule has 4 nitrogen and oxygen atoms in total. The molecular weight excluding hydrogens is 254 g/mol. The minimum Gasteiger partial charge on any atom is -0.478 e. The monoisotopic (exact) mass is 269 g/mol. The summed E-state index contributed by atoms with van der Waals surface area (Å²) in [7, 11) is 0. The van der Waals surface area contributed by atoms with Gasteiger partial charge in [-0.3, -0.25) is 0 Å². The van der Waals surface area contributed by atoms with Crippen LogP contribution >= 0.6 is 11.6 Å². The maximum Gasteiger partial charge on any atom is 0.339 e. The summed E-state index contributed by atoms with van der Waals surface area (Å²) in [6.45, 7) is 0.126. The standard InChI is InChI=1S/C13H16ClNO3/c14-9-4-2-6-11(12(9)13(17)18)15-10-5-1-3-8(10)7-16/h2,4,6,8,10,15-16H,1,3,5,7H2,(H,17,18). The van der Waals surface area contributed by atoms with E-state index in [4.69, 9.17) is 16.7 Å². The second-order valence-electron chi connectivity index (χ2n) is 4.59. The molecule has 1 fully saturated rings. The summed E-state index contributed by atoms with van der Waals surface area (Å²) >= 11 is 5.91. The molecule has 1 aliphatic rings. The number of benzene rings is 1. The van der Waals surface area contributed by atoms with Crippen molar-refractivity contribution in [2.24, 2.45) is 5.92 Å². The van der Waals surface area contributed by atoms with Crippen molar-refractivity contribution in [2.75, 3.05) is 11.9 Å². The molecule has 0 saturated heterocycles. The molecule has 18 heavy (non-hydrogen) atoms. The van der Waals surface area contributed by atoms with E-state index in [0.717, 1.165) is 19.3 Å². The highest BCUT2D eigenvalue weighted by Gasteiger charge is 2.27. The van der Waals surface area contributed by atoms with Crippen molar-refractivity contribution in [3.05, 3.63) is 28.8 Å². The zero-order valence-corrected chi connectivity index (χ0v) is 10.7. The molecule has 2 rings (SSSR count). The van der Waals surface area contributed by atoms with Crippen LogP contribution in [0, 0.1) is 5.92 Å². The molecule has 1 aromatic rings. The van der Waals surface area contributed by atoms with Crippen molar-refractivity contribution in [1.82, 2.24) is 0 Å². The summed E-state index contributed by atoms with van der Waals surface area (Å²) in [5.74, 6) is -0.854. The number of anilines is 1. The summed E-state index contributed by atoms with van der Waals surface area (Å²) in [5, 5.41) is 21.9. The van der Waals surface area contributed by atoms with Crippen LogP contribution in [0.4, 0.5) is 5.69 Å². The molecule has 0 bridgehead atoms. The number of hydrogen-bond acceptors (Lipinski definition) is 3. The first kappa shape index (κ1) is 13.2. The Bertz CT molecular complexity index is 450. The lowest BCUT2D eigenvalue weighted by Gasteiger charge is -2.21. The molecule has 98 valence electrons. The van der Waals surface area contributed by atoms with Gasteiger partial charge in [0.2, 0.25) is 0 Å². The van der Waals surface area contributed by atoms with E-state index < -0.39 is 5.97 Å². The van der Waals surface area contributed by atoms with Gasteiger partial charge in [0.05, 0.1) is 10.7 Å². The van der Waals surface area contributed by atoms with Crippen LogP contribution in [0.1, 0.15) is 29.6 Å². The topological polar surface area (TPSA) is 69.6 Å². The molecule has 0 spiro atoms. The normalized spacial score (nSPS) is 23.0. The van der Waals surface area contributed by atoms with Gasteiger partial charge in [-0.25, -0.2) is 4.79 Å². The van der Waals surface area contributed by atoms with Crippen molar-refractivity contribution in [3.8, 4) is 0 Å². The SMILES string of the molecule is O=C(O)c1c(Cl)cccc1NC1CCCC1CO. The zero-order valence-electron chi connectivity index (χ0n) is 9.90. The Morgan fingerprint density at radius 2 is 2.22 bits per heavy atom. The first-order chi connectivity index (χ1) is 8.63. The van der Waals surface area contributed by atoms with Crippen molar-refractivity contribution < 1.29 is 15.0 Å². The number of carboxylic acids is 1. The van der Waals surface area contributed by atoms with Crippen LogP contribution in [0.2, 0.25) is 5.02 Å². The van der Waals surface area contributed by atoms with Crippen LogP contribution in [0.3, 0.4) is 0 Å². The van der Waals surface area contributed by atoms with E-state index in [1.54, 1.807) is 18.2 Å². The Balaban J connectivity index is 2.23. The fraction of sp³-hybridized carbons (Fsp3) is 0.462. The highest BCUT2D eigenvalue weighted by atomic mass is 35.5. The molecule has 0 aliphatic heterocycles. The number of nitrogens with one attached hydrogen (secondary N) is 1. The average Bonchev–Trinajstić information content (AvgIpc) is 2.76. The van der Waals surface area contributed by atoms with E-state index in [2.05, 4.69) is 5.32 Å². The number of aliphatic hydroxyl groups excluding tert-OH is 1. The van der Waals surface area contributed by atoms with E-state index in [0.29, 0.717) is 5.69 Å². The lowest BCUT2D eigenvalue weighted by Crippen LogP contribution is -2.27. The molecule has 0 heterocycles. The molecule has 3 N–H and O–H groups in total. The molecule has 2 atom stereocenters. The Morgan fingerprint density at radius 1 is 1.44 bits per heavy atom. The van der Waals surface area contributed by atoms with Crippen LogP contribution in [-0.2, 0) is 0 Å². The number of aliphatic hydroxyl groups is 1. The quantitative estimate of drug-likeness (QED) is 0.786. The number of aromatic carboxylic acids is 1. The summed E-state index contributed by atoms with van der Waals surface area (Å²) in [4.78, 5) is 11.2. The van der Waals surface area contributed by atoms with Gasteiger partial charge in [0.15, 0.2) is 0 Å². The molecule has 1 aromatic carbocycles. The Labute approximate surface area is 111 Å². The van der Waals surface area contributed by atoms with Gasteiger partial charge < -0.3 is 15.5 Å². The van der Waals surface area contributed by atoms with Crippen LogP contribution in [0.5, 0.6) is 0 Å². The van der Waals surface area contributed by atoms with E-state index in [9.17, 15) is 9.90 Å². The number of carboxylic acid groups (broad SMARTS) is 1. The molecule has 1 aliphatic carbocycles. The van der Waals surface area contributed by atoms with Crippen molar-refractivity contribution in [3.63, 3.8) is 0 Å². The molecule has 0 aromatic heterocycles. The highest BCUT2D eigenvalue weighted by molar-refractivity contribution is 6.34. The predicted octanol–water partition coefficient (Wildman–Crippen LogP) is 2.61. The maximum absolute atomic E-state index is 11.2. The van der Waals surface area contributed by atoms with Crippen LogP contribution in [-0.4, -0.2) is 28.8 Å². The van der Waals surface area contributed by atoms with Gasteiger partial charge in [-0.2, -0.15) is 0 Å². The minimum absolute atomic E-state index is 0.0998. The van der Waals surface area contributed by atoms with E-state index in [1.807, 2.05) is 0 Å². The van der Waals surface area contributed by atoms with Crippen LogP contribution in [0.25, 0.3) is 0 Å². The summed E-state index contributed by atoms with van der Waals surface area (Å²) < 4.78 is 0. The molecule has 5 heteroatoms. The minimum atomic E-state index is -1.04. The Hall–Kier alpha value is -1.26. The van der Waals surface area contributed by atoms with Gasteiger partial charge in [-0.1, -0.05) is 24.1 Å². The highest BCUT2D eigenvalue weighted by Crippen LogP contribution is 2.31. The van der Waals surface area contributed by atoms with Crippen molar-refractivity contribution >= 4 is 23.3 Å². The zero-order chi connectivity index (χ0) is 13.1. The smallest absolute Gasteiger partial charge is 0.339 e. The molecule has 1 saturated carbocycles. The third-order valence-corrected chi connectivity index (χ3v) is 3.78. The number of rotatable bonds is 4. The summed E-state index contributed by atoms with van der Waals surface area (Å²) in [6.07, 6.45) is 2.96. The summed E-state index contributed by atoms with van der Waals surface area (Å²) in [6, 6.07) is 5.11. The Morgan fingerprint density at radius 3 is 2.89 bits per heavy atom. The van der Waals surface area contributed by atoms with E-state index in [-0.39, 0.29) is 29.2 Å². The average molecular weight is 270 g/mol. The van der Waals surface area contributed by atoms with Gasteiger partial charge in [0.25, 0.3) is 0 Å². The fourth-order valence-corrected chi connectivity index (χ4v) is 2.76. The lowest BCUT2D eigenvalue weighted by atomic mass is 10.0. The first-order valence-corrected chi connectivity index (χ1v) is 6.40. The van der Waals surface area contributed by atoms with Crippen LogP contribution < -0.4 is 5.32 Å². The number of hydrogen-bond donors (Lipinski definition) is 3. The predicted molar refractivity (Wildman–Crippen MR) is 70.2 cm³/mol. The van der Waals surface area contributed by atoms with Gasteiger partial charge in [-0.05, 0) is 25.0 Å². The first-order valence-electron chi connectivity index (χ1n) is 6.02. The van der Waals surface area contributed by atoms with Crippen LogP contribution in [0.15, 0.2) is 18.2 Å². The maximum atomic E-state index is 11.2. The molecule has 0 amide bonds. The second kappa shape index (κ2) is 5.59. The van der Waals surface area contributed by atoms with Gasteiger partial charge >= 0.3 is 5.97 Å². The number of carbonyl (C=O) groups is 1. The Kier molecular flexibility index (Phi) is 4.09. The largest absolute Gasteiger partial charge is 0.478 e. The van der Waals surface area contributed by atoms with Gasteiger partial charge in [-0.15, -0.1) is 0 Å². The second-order valence-corrected chi connectivity index (χ2v) is 5.00. The third-order valence-electron chi connectivity index (χ3n) is 3.46. The number of halogens is 1. The van der Waals surface area contributed by atoms with Crippen molar-refractivity contribution in [1.29, 1.82) is 0 Å². The third kappa shape index (κ3) is 2.60. The van der Waals surface area contributed by atoms with Gasteiger partial charge in [0, 0.05) is 18.6 Å². The molecule has 0 radical (unpaired) electrons. The van der Waals surface area contributed by atoms with E-state index in [1.165, 1.54) is 0 Å². The van der Waals surface area contributed by atoms with E-state index >= 15 is 0 Å². The fourth-order valence-electron chi connectivity index (χ4n) is 2.51. The molecular formula is C13H16ClNO3. The van der Waals surface area contributed by atoms with Crippen molar-refractivity contribution in [2.45, 2.75) is 25.3 Å². The summed E-state index contributed by atoms with van der Waals surface area (Å²) in [5.41, 5.74) is 0.628. The lowest BCUT2D eigenvalue weighted by molar-refractivity contribution is 0.0698. The molecule has 2 unspecified atom stereocenters. The van der Waals surface area contributed by atoms with Gasteiger partial charge in [0.1, 0.15) is 5.56 Å².